The van der Waals surface area contributed by atoms with Gasteiger partial charge in [0.15, 0.2) is 0 Å². The first-order valence-corrected chi connectivity index (χ1v) is 3.13. The maximum atomic E-state index is 6.76. The van der Waals surface area contributed by atoms with Crippen LogP contribution in [0.4, 0.5) is 0 Å². The lowest BCUT2D eigenvalue weighted by atomic mass is 10.2. The minimum absolute atomic E-state index is 0.851. The summed E-state index contributed by atoms with van der Waals surface area (Å²) in [6.45, 7) is 2.06. The molecule has 0 aromatic heterocycles. The highest BCUT2D eigenvalue weighted by molar-refractivity contribution is 5.53. The lowest BCUT2D eigenvalue weighted by molar-refractivity contribution is 0.972. The molecule has 0 aliphatic carbocycles. The second-order valence-electron chi connectivity index (χ2n) is 2.02. The molecule has 0 aromatic rings. The normalized spacial score (nSPS) is 11.1. The summed E-state index contributed by atoms with van der Waals surface area (Å²) in [5, 5.41) is 9.69. The zero-order valence-electron chi connectivity index (χ0n) is 6.07. The number of hydrogen-bond donors (Lipinski definition) is 2. The molecule has 0 bridgehead atoms. The molecule has 0 heterocycles. The Labute approximate surface area is 56.5 Å². The van der Waals surface area contributed by atoms with Crippen molar-refractivity contribution in [3.05, 3.63) is 11.8 Å². The van der Waals surface area contributed by atoms with Gasteiger partial charge in [0, 0.05) is 7.05 Å². The third-order valence-electron chi connectivity index (χ3n) is 1.07. The molecule has 2 nitrogen and oxygen atoms in total. The van der Waals surface area contributed by atoms with Gasteiger partial charge in [-0.3, -0.25) is 0 Å². The van der Waals surface area contributed by atoms with Crippen LogP contribution >= 0.6 is 0 Å². The van der Waals surface area contributed by atoms with Gasteiger partial charge in [-0.25, -0.2) is 0 Å². The summed E-state index contributed by atoms with van der Waals surface area (Å²) < 4.78 is 0. The minimum atomic E-state index is 0.851. The zero-order chi connectivity index (χ0) is 7.11. The highest BCUT2D eigenvalue weighted by atomic mass is 14.8. The van der Waals surface area contributed by atoms with Crippen LogP contribution in [0.5, 0.6) is 0 Å². The summed E-state index contributed by atoms with van der Waals surface area (Å²) in [6, 6.07) is 0. The molecule has 0 unspecified atom stereocenters. The van der Waals surface area contributed by atoms with E-state index in [0.717, 1.165) is 12.8 Å². The summed E-state index contributed by atoms with van der Waals surface area (Å²) >= 11 is 0. The van der Waals surface area contributed by atoms with Crippen LogP contribution in [-0.4, -0.2) is 13.3 Å². The Kier molecular flexibility index (Phi) is 4.88. The topological polar surface area (TPSA) is 35.9 Å². The molecule has 0 saturated heterocycles. The molecule has 0 spiro atoms. The molecule has 0 rings (SSSR count). The molecule has 0 amide bonds. The van der Waals surface area contributed by atoms with Crippen LogP contribution in [0.1, 0.15) is 19.8 Å². The Morgan fingerprint density at radius 2 is 2.33 bits per heavy atom. The monoisotopic (exact) mass is 126 g/mol. The zero-order valence-corrected chi connectivity index (χ0v) is 6.07. The average Bonchev–Trinajstić information content (AvgIpc) is 1.85. The molecule has 2 N–H and O–H groups in total. The van der Waals surface area contributed by atoms with Gasteiger partial charge in [0.2, 0.25) is 0 Å². The van der Waals surface area contributed by atoms with E-state index in [2.05, 4.69) is 12.2 Å². The van der Waals surface area contributed by atoms with Crippen molar-refractivity contribution in [2.45, 2.75) is 19.8 Å². The lowest BCUT2D eigenvalue weighted by Gasteiger charge is -1.95. The number of hydrogen-bond acceptors (Lipinski definition) is 2. The molecule has 9 heavy (non-hydrogen) atoms. The molecule has 0 fully saturated rings. The van der Waals surface area contributed by atoms with E-state index in [4.69, 9.17) is 5.41 Å². The molecule has 0 atom stereocenters. The summed E-state index contributed by atoms with van der Waals surface area (Å²) in [7, 11) is 1.88. The van der Waals surface area contributed by atoms with Gasteiger partial charge in [-0.2, -0.15) is 0 Å². The quantitative estimate of drug-likeness (QED) is 0.551. The largest absolute Gasteiger partial charge is 0.394 e. The highest BCUT2D eigenvalue weighted by Crippen LogP contribution is 1.98. The van der Waals surface area contributed by atoms with Crippen molar-refractivity contribution >= 4 is 6.21 Å². The molecular weight excluding hydrogens is 112 g/mol. The Morgan fingerprint density at radius 3 is 2.78 bits per heavy atom. The van der Waals surface area contributed by atoms with Crippen molar-refractivity contribution < 1.29 is 0 Å². The first-order chi connectivity index (χ1) is 4.31. The number of allylic oxidation sites excluding steroid dienone is 1. The van der Waals surface area contributed by atoms with E-state index in [0.29, 0.717) is 0 Å². The van der Waals surface area contributed by atoms with Gasteiger partial charge in [-0.15, -0.1) is 0 Å². The summed E-state index contributed by atoms with van der Waals surface area (Å²) in [5.74, 6) is 0. The number of nitrogens with one attached hydrogen (secondary N) is 2. The molecular formula is C7H14N2. The first kappa shape index (κ1) is 8.21. The van der Waals surface area contributed by atoms with Gasteiger partial charge >= 0.3 is 0 Å². The molecule has 0 saturated carbocycles. The predicted molar refractivity (Wildman–Crippen MR) is 40.8 cm³/mol. The average molecular weight is 126 g/mol. The van der Waals surface area contributed by atoms with Gasteiger partial charge in [-0.05, 0) is 32.2 Å². The lowest BCUT2D eigenvalue weighted by Crippen LogP contribution is -1.94. The summed E-state index contributed by atoms with van der Waals surface area (Å²) in [5.41, 5.74) is 1.29. The fraction of sp³-hybridized carbons (Fsp3) is 0.571. The van der Waals surface area contributed by atoms with Crippen LogP contribution in [0, 0.1) is 5.41 Å². The fourth-order valence-corrected chi connectivity index (χ4v) is 0.618. The van der Waals surface area contributed by atoms with E-state index in [-0.39, 0.29) is 0 Å². The Hall–Kier alpha value is -0.790. The van der Waals surface area contributed by atoms with Crippen molar-refractivity contribution in [2.75, 3.05) is 7.05 Å². The molecule has 0 aromatic carbocycles. The van der Waals surface area contributed by atoms with E-state index in [1.54, 1.807) is 0 Å². The van der Waals surface area contributed by atoms with Crippen LogP contribution < -0.4 is 5.32 Å². The Morgan fingerprint density at radius 1 is 1.67 bits per heavy atom. The standard InChI is InChI=1S/C7H14N2/c1-7(6-9-2)4-3-5-8/h5-6,8-9H,3-4H2,1-2H3/b7-6-,8-5?. The molecule has 2 heteroatoms. The van der Waals surface area contributed by atoms with Crippen LogP contribution in [-0.2, 0) is 0 Å². The van der Waals surface area contributed by atoms with Gasteiger partial charge < -0.3 is 10.7 Å². The first-order valence-electron chi connectivity index (χ1n) is 3.13. The second kappa shape index (κ2) is 5.35. The smallest absolute Gasteiger partial charge is 0.00276 e. The fourth-order valence-electron chi connectivity index (χ4n) is 0.618. The predicted octanol–water partition coefficient (Wildman–Crippen LogP) is 1.54. The Bertz CT molecular complexity index is 105. The van der Waals surface area contributed by atoms with E-state index >= 15 is 0 Å². The highest BCUT2D eigenvalue weighted by Gasteiger charge is 1.84. The second-order valence-corrected chi connectivity index (χ2v) is 2.02. The van der Waals surface area contributed by atoms with Crippen molar-refractivity contribution in [2.24, 2.45) is 0 Å². The number of rotatable bonds is 4. The summed E-state index contributed by atoms with van der Waals surface area (Å²) in [6.07, 6.45) is 5.24. The van der Waals surface area contributed by atoms with Gasteiger partial charge in [0.1, 0.15) is 0 Å². The van der Waals surface area contributed by atoms with Gasteiger partial charge in [-0.1, -0.05) is 5.57 Å². The Balaban J connectivity index is 3.36. The molecule has 0 radical (unpaired) electrons. The van der Waals surface area contributed by atoms with E-state index in [1.165, 1.54) is 11.8 Å². The van der Waals surface area contributed by atoms with Crippen molar-refractivity contribution in [3.63, 3.8) is 0 Å². The van der Waals surface area contributed by atoms with Crippen molar-refractivity contribution in [3.8, 4) is 0 Å². The van der Waals surface area contributed by atoms with Crippen molar-refractivity contribution in [1.82, 2.24) is 5.32 Å². The minimum Gasteiger partial charge on any atom is -0.394 e. The van der Waals surface area contributed by atoms with Crippen LogP contribution in [0.15, 0.2) is 11.8 Å². The third-order valence-corrected chi connectivity index (χ3v) is 1.07. The maximum absolute atomic E-state index is 6.76. The van der Waals surface area contributed by atoms with Crippen molar-refractivity contribution in [1.29, 1.82) is 5.41 Å². The molecule has 0 aliphatic heterocycles. The van der Waals surface area contributed by atoms with Crippen LogP contribution in [0.3, 0.4) is 0 Å². The van der Waals surface area contributed by atoms with E-state index < -0.39 is 0 Å². The van der Waals surface area contributed by atoms with E-state index in [9.17, 15) is 0 Å². The SMILES string of the molecule is CN/C=C(/C)CCC=N. The maximum Gasteiger partial charge on any atom is 0.00276 e. The van der Waals surface area contributed by atoms with Crippen LogP contribution in [0.2, 0.25) is 0 Å². The summed E-state index contributed by atoms with van der Waals surface area (Å²) in [4.78, 5) is 0. The van der Waals surface area contributed by atoms with E-state index in [1.807, 2.05) is 13.2 Å². The third kappa shape index (κ3) is 5.07. The van der Waals surface area contributed by atoms with Gasteiger partial charge in [0.25, 0.3) is 0 Å². The van der Waals surface area contributed by atoms with Gasteiger partial charge in [0.05, 0.1) is 0 Å². The molecule has 0 aliphatic rings. The molecule has 52 valence electrons. The van der Waals surface area contributed by atoms with Crippen LogP contribution in [0.25, 0.3) is 0 Å².